The molecule has 150 valence electrons. The highest BCUT2D eigenvalue weighted by Gasteiger charge is 2.20. The van der Waals surface area contributed by atoms with Crippen molar-refractivity contribution < 1.29 is 8.78 Å². The quantitative estimate of drug-likeness (QED) is 0.518. The van der Waals surface area contributed by atoms with Crippen molar-refractivity contribution in [1.29, 1.82) is 5.26 Å². The number of aromatic nitrogens is 3. The summed E-state index contributed by atoms with van der Waals surface area (Å²) >= 11 is 0. The van der Waals surface area contributed by atoms with Crippen LogP contribution >= 0.6 is 0 Å². The first kappa shape index (κ1) is 19.5. The Labute approximate surface area is 171 Å². The lowest BCUT2D eigenvalue weighted by Crippen LogP contribution is -2.20. The van der Waals surface area contributed by atoms with E-state index < -0.39 is 11.6 Å². The zero-order chi connectivity index (χ0) is 21.4. The lowest BCUT2D eigenvalue weighted by atomic mass is 10.0. The molecule has 0 aliphatic carbocycles. The van der Waals surface area contributed by atoms with E-state index in [4.69, 9.17) is 5.26 Å². The van der Waals surface area contributed by atoms with E-state index in [1.807, 2.05) is 16.7 Å². The number of hydrogen-bond donors (Lipinski definition) is 0. The van der Waals surface area contributed by atoms with Crippen molar-refractivity contribution in [2.24, 2.45) is 7.05 Å². The fourth-order valence-corrected chi connectivity index (χ4v) is 3.68. The van der Waals surface area contributed by atoms with Gasteiger partial charge in [0.1, 0.15) is 17.3 Å². The lowest BCUT2D eigenvalue weighted by molar-refractivity contribution is 0.585. The molecule has 0 radical (unpaired) electrons. The van der Waals surface area contributed by atoms with Crippen LogP contribution in [0.1, 0.15) is 22.5 Å². The SMILES string of the molecule is Cc1nn2c(=O)cc(CCc3ccc(C#N)cc3)n(C)c2c1-c1ccc(F)cc1F. The molecule has 0 spiro atoms. The summed E-state index contributed by atoms with van der Waals surface area (Å²) < 4.78 is 31.0. The normalized spacial score (nSPS) is 11.0. The third kappa shape index (κ3) is 3.37. The van der Waals surface area contributed by atoms with Crippen LogP contribution < -0.4 is 5.56 Å². The number of aryl methyl sites for hydroxylation is 4. The molecule has 0 saturated carbocycles. The molecule has 0 amide bonds. The average molecular weight is 404 g/mol. The third-order valence-electron chi connectivity index (χ3n) is 5.24. The van der Waals surface area contributed by atoms with Gasteiger partial charge in [-0.3, -0.25) is 4.79 Å². The maximum Gasteiger partial charge on any atom is 0.274 e. The van der Waals surface area contributed by atoms with Crippen LogP contribution in [-0.4, -0.2) is 14.2 Å². The maximum atomic E-state index is 14.5. The molecule has 0 unspecified atom stereocenters. The van der Waals surface area contributed by atoms with Gasteiger partial charge in [0.05, 0.1) is 22.9 Å². The van der Waals surface area contributed by atoms with E-state index in [0.29, 0.717) is 35.3 Å². The summed E-state index contributed by atoms with van der Waals surface area (Å²) in [6.45, 7) is 1.70. The number of fused-ring (bicyclic) bond motifs is 1. The average Bonchev–Trinajstić information content (AvgIpc) is 3.08. The Bertz CT molecular complexity index is 1360. The Balaban J connectivity index is 1.80. The van der Waals surface area contributed by atoms with E-state index in [1.54, 1.807) is 26.1 Å². The van der Waals surface area contributed by atoms with Crippen LogP contribution in [0.4, 0.5) is 8.78 Å². The van der Waals surface area contributed by atoms with Gasteiger partial charge >= 0.3 is 0 Å². The molecule has 0 N–H and O–H groups in total. The first-order valence-electron chi connectivity index (χ1n) is 9.41. The number of rotatable bonds is 4. The minimum Gasteiger partial charge on any atom is -0.332 e. The largest absolute Gasteiger partial charge is 0.332 e. The van der Waals surface area contributed by atoms with Gasteiger partial charge in [-0.1, -0.05) is 12.1 Å². The Kier molecular flexibility index (Phi) is 4.92. The maximum absolute atomic E-state index is 14.5. The second-order valence-corrected chi connectivity index (χ2v) is 7.16. The first-order valence-corrected chi connectivity index (χ1v) is 9.41. The fraction of sp³-hybridized carbons (Fsp3) is 0.174. The zero-order valence-corrected chi connectivity index (χ0v) is 16.5. The molecule has 2 aromatic carbocycles. The van der Waals surface area contributed by atoms with Gasteiger partial charge in [-0.15, -0.1) is 0 Å². The van der Waals surface area contributed by atoms with Crippen molar-refractivity contribution in [3.8, 4) is 17.2 Å². The first-order chi connectivity index (χ1) is 14.4. The molecule has 0 bridgehead atoms. The van der Waals surface area contributed by atoms with Crippen molar-refractivity contribution in [2.75, 3.05) is 0 Å². The number of benzene rings is 2. The smallest absolute Gasteiger partial charge is 0.274 e. The predicted octanol–water partition coefficient (Wildman–Crippen LogP) is 3.94. The standard InChI is InChI=1S/C23H18F2N4O/c1-14-22(19-10-8-17(24)11-20(19)25)23-28(2)18(12-21(30)29(23)27-14)9-7-15-3-5-16(13-26)6-4-15/h3-6,8,10-12H,7,9H2,1-2H3. The molecule has 7 heteroatoms. The van der Waals surface area contributed by atoms with Gasteiger partial charge in [-0.2, -0.15) is 14.9 Å². The van der Waals surface area contributed by atoms with Gasteiger partial charge < -0.3 is 4.57 Å². The Morgan fingerprint density at radius 2 is 1.80 bits per heavy atom. The molecule has 4 rings (SSSR count). The fourth-order valence-electron chi connectivity index (χ4n) is 3.68. The van der Waals surface area contributed by atoms with Gasteiger partial charge in [0.25, 0.3) is 5.56 Å². The van der Waals surface area contributed by atoms with Crippen LogP contribution in [0.3, 0.4) is 0 Å². The lowest BCUT2D eigenvalue weighted by Gasteiger charge is -2.13. The molecule has 0 saturated heterocycles. The summed E-state index contributed by atoms with van der Waals surface area (Å²) in [5, 5.41) is 13.2. The predicted molar refractivity (Wildman–Crippen MR) is 109 cm³/mol. The van der Waals surface area contributed by atoms with Gasteiger partial charge in [-0.05, 0) is 49.6 Å². The molecule has 2 aromatic heterocycles. The molecular weight excluding hydrogens is 386 g/mol. The zero-order valence-electron chi connectivity index (χ0n) is 16.5. The Morgan fingerprint density at radius 1 is 1.07 bits per heavy atom. The summed E-state index contributed by atoms with van der Waals surface area (Å²) in [5.41, 5.74) is 3.69. The van der Waals surface area contributed by atoms with Crippen molar-refractivity contribution in [3.63, 3.8) is 0 Å². The van der Waals surface area contributed by atoms with Crippen LogP contribution in [-0.2, 0) is 19.9 Å². The van der Waals surface area contributed by atoms with E-state index in [9.17, 15) is 13.6 Å². The second kappa shape index (κ2) is 7.56. The molecule has 30 heavy (non-hydrogen) atoms. The van der Waals surface area contributed by atoms with Gasteiger partial charge in [0.15, 0.2) is 0 Å². The van der Waals surface area contributed by atoms with E-state index in [2.05, 4.69) is 11.2 Å². The number of nitriles is 1. The van der Waals surface area contributed by atoms with Gasteiger partial charge in [-0.25, -0.2) is 8.78 Å². The van der Waals surface area contributed by atoms with E-state index >= 15 is 0 Å². The number of halogens is 2. The number of hydrogen-bond acceptors (Lipinski definition) is 3. The molecule has 4 aromatic rings. The Morgan fingerprint density at radius 3 is 2.47 bits per heavy atom. The molecule has 0 aliphatic rings. The van der Waals surface area contributed by atoms with Crippen LogP contribution in [0.25, 0.3) is 16.8 Å². The van der Waals surface area contributed by atoms with E-state index in [0.717, 1.165) is 17.3 Å². The van der Waals surface area contributed by atoms with Crippen LogP contribution in [0.2, 0.25) is 0 Å². The van der Waals surface area contributed by atoms with Crippen molar-refractivity contribution >= 4 is 5.65 Å². The monoisotopic (exact) mass is 404 g/mol. The minimum atomic E-state index is -0.705. The summed E-state index contributed by atoms with van der Waals surface area (Å²) in [6.07, 6.45) is 1.24. The summed E-state index contributed by atoms with van der Waals surface area (Å²) in [5.74, 6) is -1.37. The van der Waals surface area contributed by atoms with Crippen molar-refractivity contribution in [3.05, 3.63) is 93.0 Å². The summed E-state index contributed by atoms with van der Waals surface area (Å²) in [4.78, 5) is 12.7. The van der Waals surface area contributed by atoms with Gasteiger partial charge in [0.2, 0.25) is 0 Å². The molecule has 0 fully saturated rings. The van der Waals surface area contributed by atoms with Crippen molar-refractivity contribution in [2.45, 2.75) is 19.8 Å². The second-order valence-electron chi connectivity index (χ2n) is 7.16. The van der Waals surface area contributed by atoms with Crippen molar-refractivity contribution in [1.82, 2.24) is 14.2 Å². The molecule has 0 aliphatic heterocycles. The van der Waals surface area contributed by atoms with Crippen LogP contribution in [0, 0.1) is 29.9 Å². The van der Waals surface area contributed by atoms with Crippen LogP contribution in [0.5, 0.6) is 0 Å². The Hall–Kier alpha value is -3.79. The number of nitrogens with zero attached hydrogens (tertiary/aromatic N) is 4. The summed E-state index contributed by atoms with van der Waals surface area (Å²) in [6, 6.07) is 14.3. The molecule has 0 atom stereocenters. The third-order valence-corrected chi connectivity index (χ3v) is 5.24. The minimum absolute atomic E-state index is 0.197. The van der Waals surface area contributed by atoms with Gasteiger partial charge in [0, 0.05) is 30.4 Å². The summed E-state index contributed by atoms with van der Waals surface area (Å²) in [7, 11) is 1.80. The molecule has 5 nitrogen and oxygen atoms in total. The molecular formula is C23H18F2N4O. The highest BCUT2D eigenvalue weighted by Crippen LogP contribution is 2.30. The van der Waals surface area contributed by atoms with E-state index in [-0.39, 0.29) is 11.1 Å². The highest BCUT2D eigenvalue weighted by atomic mass is 19.1. The van der Waals surface area contributed by atoms with E-state index in [1.165, 1.54) is 22.7 Å². The topological polar surface area (TPSA) is 63.1 Å². The highest BCUT2D eigenvalue weighted by molar-refractivity contribution is 5.80. The molecule has 2 heterocycles. The van der Waals surface area contributed by atoms with Crippen LogP contribution in [0.15, 0.2) is 53.3 Å².